The zero-order valence-electron chi connectivity index (χ0n) is 9.70. The Balaban J connectivity index is 2.25. The van der Waals surface area contributed by atoms with Gasteiger partial charge < -0.3 is 10.5 Å². The van der Waals surface area contributed by atoms with Gasteiger partial charge in [-0.2, -0.15) is 0 Å². The van der Waals surface area contributed by atoms with Gasteiger partial charge in [0.2, 0.25) is 0 Å². The topological polar surface area (TPSA) is 35.2 Å². The van der Waals surface area contributed by atoms with Gasteiger partial charge in [0.1, 0.15) is 11.5 Å². The van der Waals surface area contributed by atoms with Crippen LogP contribution in [0.4, 0.5) is 0 Å². The fourth-order valence-electron chi connectivity index (χ4n) is 1.63. The summed E-state index contributed by atoms with van der Waals surface area (Å²) in [5, 5.41) is 0.695. The third kappa shape index (κ3) is 3.48. The van der Waals surface area contributed by atoms with Crippen LogP contribution in [0.3, 0.4) is 0 Å². The van der Waals surface area contributed by atoms with Gasteiger partial charge in [0.15, 0.2) is 0 Å². The highest BCUT2D eigenvalue weighted by molar-refractivity contribution is 9.10. The molecule has 2 nitrogen and oxygen atoms in total. The summed E-state index contributed by atoms with van der Waals surface area (Å²) in [6.07, 6.45) is 0.780. The molecule has 0 bridgehead atoms. The van der Waals surface area contributed by atoms with E-state index >= 15 is 0 Å². The first kappa shape index (κ1) is 13.4. The second kappa shape index (κ2) is 6.23. The van der Waals surface area contributed by atoms with Crippen molar-refractivity contribution in [1.29, 1.82) is 0 Å². The summed E-state index contributed by atoms with van der Waals surface area (Å²) < 4.78 is 6.86. The minimum atomic E-state index is 0.591. The van der Waals surface area contributed by atoms with Crippen molar-refractivity contribution in [3.63, 3.8) is 0 Å². The van der Waals surface area contributed by atoms with Crippen LogP contribution < -0.4 is 10.5 Å². The Morgan fingerprint density at radius 2 is 1.83 bits per heavy atom. The minimum absolute atomic E-state index is 0.591. The molecule has 0 aliphatic rings. The van der Waals surface area contributed by atoms with E-state index in [9.17, 15) is 0 Å². The van der Waals surface area contributed by atoms with Crippen LogP contribution in [-0.2, 0) is 6.42 Å². The molecule has 4 heteroatoms. The van der Waals surface area contributed by atoms with Crippen LogP contribution in [0.1, 0.15) is 5.56 Å². The largest absolute Gasteiger partial charge is 0.457 e. The van der Waals surface area contributed by atoms with E-state index in [0.29, 0.717) is 11.6 Å². The van der Waals surface area contributed by atoms with E-state index in [-0.39, 0.29) is 0 Å². The third-order valence-corrected chi connectivity index (χ3v) is 3.22. The first-order chi connectivity index (χ1) is 8.69. The maximum atomic E-state index is 5.84. The molecule has 0 spiro atoms. The standard InChI is InChI=1S/C14H13BrClNO/c15-11-1-6-14(10(9-11)7-8-17)18-13-4-2-12(16)3-5-13/h1-6,9H,7-8,17H2. The zero-order valence-corrected chi connectivity index (χ0v) is 12.0. The molecule has 0 aromatic heterocycles. The van der Waals surface area contributed by atoms with E-state index in [1.165, 1.54) is 0 Å². The lowest BCUT2D eigenvalue weighted by atomic mass is 10.1. The summed E-state index contributed by atoms with van der Waals surface area (Å²) in [4.78, 5) is 0. The fourth-order valence-corrected chi connectivity index (χ4v) is 2.16. The van der Waals surface area contributed by atoms with Crippen molar-refractivity contribution in [1.82, 2.24) is 0 Å². The molecule has 0 heterocycles. The Bertz CT molecular complexity index is 528. The number of nitrogens with two attached hydrogens (primary N) is 1. The Labute approximate surface area is 120 Å². The predicted octanol–water partition coefficient (Wildman–Crippen LogP) is 4.40. The quantitative estimate of drug-likeness (QED) is 0.904. The predicted molar refractivity (Wildman–Crippen MR) is 78.4 cm³/mol. The number of ether oxygens (including phenoxy) is 1. The highest BCUT2D eigenvalue weighted by atomic mass is 79.9. The number of rotatable bonds is 4. The Morgan fingerprint density at radius 1 is 1.11 bits per heavy atom. The zero-order chi connectivity index (χ0) is 13.0. The molecule has 2 aromatic carbocycles. The molecule has 0 fully saturated rings. The molecular formula is C14H13BrClNO. The molecule has 0 aliphatic heterocycles. The van der Waals surface area contributed by atoms with Crippen molar-refractivity contribution in [3.8, 4) is 11.5 Å². The summed E-state index contributed by atoms with van der Waals surface area (Å²) >= 11 is 9.29. The minimum Gasteiger partial charge on any atom is -0.457 e. The molecule has 0 atom stereocenters. The number of hydrogen-bond donors (Lipinski definition) is 1. The molecule has 2 rings (SSSR count). The summed E-state index contributed by atoms with van der Waals surface area (Å²) in [5.74, 6) is 1.59. The molecule has 94 valence electrons. The van der Waals surface area contributed by atoms with Crippen molar-refractivity contribution < 1.29 is 4.74 Å². The molecular weight excluding hydrogens is 314 g/mol. The molecule has 0 saturated carbocycles. The average molecular weight is 327 g/mol. The van der Waals surface area contributed by atoms with Gasteiger partial charge >= 0.3 is 0 Å². The molecule has 0 amide bonds. The lowest BCUT2D eigenvalue weighted by Gasteiger charge is -2.11. The normalized spacial score (nSPS) is 10.4. The number of hydrogen-bond acceptors (Lipinski definition) is 2. The van der Waals surface area contributed by atoms with Gasteiger partial charge in [-0.25, -0.2) is 0 Å². The summed E-state index contributed by atoms with van der Waals surface area (Å²) in [7, 11) is 0. The van der Waals surface area contributed by atoms with Crippen LogP contribution >= 0.6 is 27.5 Å². The van der Waals surface area contributed by atoms with Gasteiger partial charge in [0, 0.05) is 9.50 Å². The highest BCUT2D eigenvalue weighted by Gasteiger charge is 2.05. The first-order valence-corrected chi connectivity index (χ1v) is 6.78. The van der Waals surface area contributed by atoms with Gasteiger partial charge in [-0.3, -0.25) is 0 Å². The van der Waals surface area contributed by atoms with Crippen molar-refractivity contribution >= 4 is 27.5 Å². The van der Waals surface area contributed by atoms with Gasteiger partial charge in [-0.05, 0) is 61.0 Å². The average Bonchev–Trinajstić information content (AvgIpc) is 2.36. The monoisotopic (exact) mass is 325 g/mol. The first-order valence-electron chi connectivity index (χ1n) is 5.61. The summed E-state index contributed by atoms with van der Waals surface area (Å²) in [6, 6.07) is 13.2. The Kier molecular flexibility index (Phi) is 4.64. The van der Waals surface area contributed by atoms with Crippen LogP contribution in [0, 0.1) is 0 Å². The van der Waals surface area contributed by atoms with Gasteiger partial charge in [0.25, 0.3) is 0 Å². The van der Waals surface area contributed by atoms with Crippen LogP contribution in [0.5, 0.6) is 11.5 Å². The maximum absolute atomic E-state index is 5.84. The fraction of sp³-hybridized carbons (Fsp3) is 0.143. The summed E-state index contributed by atoms with van der Waals surface area (Å²) in [5.41, 5.74) is 6.69. The molecule has 0 saturated heterocycles. The van der Waals surface area contributed by atoms with E-state index in [1.54, 1.807) is 12.1 Å². The molecule has 2 N–H and O–H groups in total. The van der Waals surface area contributed by atoms with Crippen LogP contribution in [-0.4, -0.2) is 6.54 Å². The molecule has 0 aliphatic carbocycles. The van der Waals surface area contributed by atoms with E-state index in [2.05, 4.69) is 15.9 Å². The molecule has 18 heavy (non-hydrogen) atoms. The smallest absolute Gasteiger partial charge is 0.130 e. The van der Waals surface area contributed by atoms with Crippen LogP contribution in [0.15, 0.2) is 46.9 Å². The lowest BCUT2D eigenvalue weighted by molar-refractivity contribution is 0.476. The van der Waals surface area contributed by atoms with Gasteiger partial charge in [-0.1, -0.05) is 27.5 Å². The van der Waals surface area contributed by atoms with Gasteiger partial charge in [0.05, 0.1) is 0 Å². The van der Waals surface area contributed by atoms with E-state index < -0.39 is 0 Å². The SMILES string of the molecule is NCCc1cc(Br)ccc1Oc1ccc(Cl)cc1. The molecule has 2 aromatic rings. The van der Waals surface area contributed by atoms with E-state index in [1.807, 2.05) is 30.3 Å². The number of halogens is 2. The molecule has 0 radical (unpaired) electrons. The Morgan fingerprint density at radius 3 is 2.50 bits per heavy atom. The van der Waals surface area contributed by atoms with Crippen LogP contribution in [0.25, 0.3) is 0 Å². The van der Waals surface area contributed by atoms with Gasteiger partial charge in [-0.15, -0.1) is 0 Å². The van der Waals surface area contributed by atoms with E-state index in [4.69, 9.17) is 22.1 Å². The third-order valence-electron chi connectivity index (χ3n) is 2.48. The Hall–Kier alpha value is -1.03. The number of benzene rings is 2. The van der Waals surface area contributed by atoms with E-state index in [0.717, 1.165) is 28.0 Å². The lowest BCUT2D eigenvalue weighted by Crippen LogP contribution is -2.04. The van der Waals surface area contributed by atoms with Crippen molar-refractivity contribution in [3.05, 3.63) is 57.5 Å². The van der Waals surface area contributed by atoms with Crippen LogP contribution in [0.2, 0.25) is 5.02 Å². The summed E-state index contributed by atoms with van der Waals surface area (Å²) in [6.45, 7) is 0.591. The van der Waals surface area contributed by atoms with Crippen molar-refractivity contribution in [2.75, 3.05) is 6.54 Å². The molecule has 0 unspecified atom stereocenters. The van der Waals surface area contributed by atoms with Crippen molar-refractivity contribution in [2.24, 2.45) is 5.73 Å². The second-order valence-electron chi connectivity index (χ2n) is 3.85. The maximum Gasteiger partial charge on any atom is 0.130 e. The highest BCUT2D eigenvalue weighted by Crippen LogP contribution is 2.29. The van der Waals surface area contributed by atoms with Crippen molar-refractivity contribution in [2.45, 2.75) is 6.42 Å². The second-order valence-corrected chi connectivity index (χ2v) is 5.20.